The van der Waals surface area contributed by atoms with Crippen LogP contribution >= 0.6 is 23.1 Å². The fourth-order valence-electron chi connectivity index (χ4n) is 2.43. The monoisotopic (exact) mass is 353 g/mol. The molecule has 0 aliphatic rings. The molecule has 0 atom stereocenters. The number of nitrogens with zero attached hydrogens (tertiary/aromatic N) is 3. The van der Waals surface area contributed by atoms with Gasteiger partial charge in [-0.05, 0) is 35.2 Å². The predicted molar refractivity (Wildman–Crippen MR) is 98.9 cm³/mol. The zero-order chi connectivity index (χ0) is 16.4. The Balaban J connectivity index is 1.59. The Labute approximate surface area is 148 Å². The molecule has 0 fully saturated rings. The first-order valence-electron chi connectivity index (χ1n) is 7.47. The van der Waals surface area contributed by atoms with Gasteiger partial charge in [-0.25, -0.2) is 9.50 Å². The average Bonchev–Trinajstić information content (AvgIpc) is 3.29. The van der Waals surface area contributed by atoms with Crippen molar-refractivity contribution in [1.82, 2.24) is 14.6 Å². The molecular formula is C18H15N3OS2. The summed E-state index contributed by atoms with van der Waals surface area (Å²) in [6.45, 7) is 0. The van der Waals surface area contributed by atoms with Crippen molar-refractivity contribution in [1.29, 1.82) is 0 Å². The number of ether oxygens (including phenoxy) is 1. The number of methoxy groups -OCH3 is 1. The van der Waals surface area contributed by atoms with Crippen LogP contribution in [0.3, 0.4) is 0 Å². The van der Waals surface area contributed by atoms with Crippen LogP contribution in [-0.4, -0.2) is 21.7 Å². The van der Waals surface area contributed by atoms with Gasteiger partial charge in [0.2, 0.25) is 0 Å². The second kappa shape index (κ2) is 6.67. The Morgan fingerprint density at radius 3 is 2.83 bits per heavy atom. The molecule has 3 aromatic heterocycles. The van der Waals surface area contributed by atoms with Gasteiger partial charge in [0.05, 0.1) is 17.5 Å². The van der Waals surface area contributed by atoms with Gasteiger partial charge in [0, 0.05) is 18.1 Å². The molecule has 0 amide bonds. The van der Waals surface area contributed by atoms with E-state index in [0.29, 0.717) is 0 Å². The maximum Gasteiger partial charge on any atom is 0.122 e. The van der Waals surface area contributed by atoms with Crippen LogP contribution in [0.15, 0.2) is 65.3 Å². The van der Waals surface area contributed by atoms with Gasteiger partial charge in [0.25, 0.3) is 0 Å². The summed E-state index contributed by atoms with van der Waals surface area (Å²) in [6, 6.07) is 14.4. The number of hydrogen-bond donors (Lipinski definition) is 0. The van der Waals surface area contributed by atoms with Gasteiger partial charge in [-0.2, -0.15) is 5.10 Å². The number of thioether (sulfide) groups is 1. The molecule has 0 radical (unpaired) electrons. The van der Waals surface area contributed by atoms with Gasteiger partial charge < -0.3 is 4.74 Å². The lowest BCUT2D eigenvalue weighted by molar-refractivity contribution is 0.414. The van der Waals surface area contributed by atoms with Crippen LogP contribution in [0.25, 0.3) is 16.1 Å². The number of fused-ring (bicyclic) bond motifs is 1. The van der Waals surface area contributed by atoms with Crippen LogP contribution in [0.5, 0.6) is 5.75 Å². The molecule has 0 aliphatic carbocycles. The van der Waals surface area contributed by atoms with Crippen molar-refractivity contribution in [3.05, 3.63) is 65.8 Å². The highest BCUT2D eigenvalue weighted by molar-refractivity contribution is 7.98. The molecular weight excluding hydrogens is 338 g/mol. The SMILES string of the molecule is COc1ccc(CSc2nccn3nc(-c4cccs4)cc23)cc1. The van der Waals surface area contributed by atoms with E-state index in [0.717, 1.165) is 27.7 Å². The molecule has 0 unspecified atom stereocenters. The molecule has 0 saturated heterocycles. The molecule has 0 N–H and O–H groups in total. The number of hydrogen-bond acceptors (Lipinski definition) is 5. The molecule has 0 spiro atoms. The van der Waals surface area contributed by atoms with Crippen molar-refractivity contribution in [2.45, 2.75) is 10.8 Å². The van der Waals surface area contributed by atoms with Crippen molar-refractivity contribution >= 4 is 28.6 Å². The van der Waals surface area contributed by atoms with Gasteiger partial charge in [0.1, 0.15) is 16.5 Å². The lowest BCUT2D eigenvalue weighted by Crippen LogP contribution is -1.91. The number of rotatable bonds is 5. The maximum absolute atomic E-state index is 5.20. The van der Waals surface area contributed by atoms with Crippen LogP contribution in [-0.2, 0) is 5.75 Å². The normalized spacial score (nSPS) is 11.0. The Morgan fingerprint density at radius 1 is 1.21 bits per heavy atom. The lowest BCUT2D eigenvalue weighted by Gasteiger charge is -2.04. The highest BCUT2D eigenvalue weighted by Gasteiger charge is 2.10. The molecule has 1 aromatic carbocycles. The van der Waals surface area contributed by atoms with Gasteiger partial charge >= 0.3 is 0 Å². The quantitative estimate of drug-likeness (QED) is 0.485. The topological polar surface area (TPSA) is 39.4 Å². The smallest absolute Gasteiger partial charge is 0.122 e. The minimum atomic E-state index is 0.857. The Morgan fingerprint density at radius 2 is 2.08 bits per heavy atom. The van der Waals surface area contributed by atoms with Crippen molar-refractivity contribution in [3.63, 3.8) is 0 Å². The summed E-state index contributed by atoms with van der Waals surface area (Å²) in [5, 5.41) is 7.71. The van der Waals surface area contributed by atoms with Gasteiger partial charge in [-0.15, -0.1) is 11.3 Å². The minimum Gasteiger partial charge on any atom is -0.497 e. The second-order valence-electron chi connectivity index (χ2n) is 5.21. The summed E-state index contributed by atoms with van der Waals surface area (Å²) in [5.74, 6) is 1.73. The summed E-state index contributed by atoms with van der Waals surface area (Å²) in [6.07, 6.45) is 3.69. The van der Waals surface area contributed by atoms with Gasteiger partial charge in [0.15, 0.2) is 0 Å². The molecule has 3 heterocycles. The molecule has 4 aromatic rings. The van der Waals surface area contributed by atoms with E-state index in [-0.39, 0.29) is 0 Å². The first-order valence-corrected chi connectivity index (χ1v) is 9.34. The first-order chi connectivity index (χ1) is 11.8. The Bertz CT molecular complexity index is 946. The molecule has 120 valence electrons. The third-order valence-corrected chi connectivity index (χ3v) is 5.62. The highest BCUT2D eigenvalue weighted by atomic mass is 32.2. The van der Waals surface area contributed by atoms with Crippen LogP contribution < -0.4 is 4.74 Å². The fraction of sp³-hybridized carbons (Fsp3) is 0.111. The van der Waals surface area contributed by atoms with Crippen molar-refractivity contribution in [2.24, 2.45) is 0 Å². The van der Waals surface area contributed by atoms with Gasteiger partial charge in [-0.1, -0.05) is 30.0 Å². The van der Waals surface area contributed by atoms with Crippen molar-refractivity contribution < 1.29 is 4.74 Å². The summed E-state index contributed by atoms with van der Waals surface area (Å²) in [4.78, 5) is 5.70. The molecule has 0 bridgehead atoms. The molecule has 0 saturated carbocycles. The molecule has 24 heavy (non-hydrogen) atoms. The van der Waals surface area contributed by atoms with E-state index in [1.807, 2.05) is 28.9 Å². The Hall–Kier alpha value is -2.31. The van der Waals surface area contributed by atoms with Crippen LogP contribution in [0.2, 0.25) is 0 Å². The number of aromatic nitrogens is 3. The minimum absolute atomic E-state index is 0.857. The number of benzene rings is 1. The van der Waals surface area contributed by atoms with Crippen molar-refractivity contribution in [3.8, 4) is 16.3 Å². The fourth-order valence-corrected chi connectivity index (χ4v) is 4.04. The van der Waals surface area contributed by atoms with Crippen LogP contribution in [0, 0.1) is 0 Å². The lowest BCUT2D eigenvalue weighted by atomic mass is 10.2. The number of thiophene rings is 1. The summed E-state index contributed by atoms with van der Waals surface area (Å²) in [7, 11) is 1.68. The summed E-state index contributed by atoms with van der Waals surface area (Å²) >= 11 is 3.41. The average molecular weight is 353 g/mol. The second-order valence-corrected chi connectivity index (χ2v) is 7.12. The summed E-state index contributed by atoms with van der Waals surface area (Å²) < 4.78 is 7.10. The van der Waals surface area contributed by atoms with Gasteiger partial charge in [-0.3, -0.25) is 0 Å². The van der Waals surface area contributed by atoms with E-state index in [1.54, 1.807) is 36.4 Å². The van der Waals surface area contributed by atoms with Crippen LogP contribution in [0.1, 0.15) is 5.56 Å². The maximum atomic E-state index is 5.20. The zero-order valence-corrected chi connectivity index (χ0v) is 14.7. The van der Waals surface area contributed by atoms with E-state index < -0.39 is 0 Å². The highest BCUT2D eigenvalue weighted by Crippen LogP contribution is 2.30. The summed E-state index contributed by atoms with van der Waals surface area (Å²) in [5.41, 5.74) is 3.27. The third kappa shape index (κ3) is 3.02. The van der Waals surface area contributed by atoms with E-state index in [4.69, 9.17) is 4.74 Å². The molecule has 0 aliphatic heterocycles. The largest absolute Gasteiger partial charge is 0.497 e. The predicted octanol–water partition coefficient (Wildman–Crippen LogP) is 4.76. The Kier molecular flexibility index (Phi) is 4.23. The first kappa shape index (κ1) is 15.2. The third-order valence-electron chi connectivity index (χ3n) is 3.66. The zero-order valence-electron chi connectivity index (χ0n) is 13.0. The van der Waals surface area contributed by atoms with E-state index in [2.05, 4.69) is 39.7 Å². The van der Waals surface area contributed by atoms with Crippen LogP contribution in [0.4, 0.5) is 0 Å². The molecule has 6 heteroatoms. The standard InChI is InChI=1S/C18H15N3OS2/c1-22-14-6-4-13(5-7-14)12-24-18-16-11-15(17-3-2-10-23-17)20-21(16)9-8-19-18/h2-11H,12H2,1H3. The van der Waals surface area contributed by atoms with E-state index >= 15 is 0 Å². The molecule has 4 nitrogen and oxygen atoms in total. The molecule has 4 rings (SSSR count). The van der Waals surface area contributed by atoms with Crippen molar-refractivity contribution in [2.75, 3.05) is 7.11 Å². The van der Waals surface area contributed by atoms with E-state index in [9.17, 15) is 0 Å². The van der Waals surface area contributed by atoms with E-state index in [1.165, 1.54) is 10.4 Å².